The van der Waals surface area contributed by atoms with Gasteiger partial charge in [0.05, 0.1) is 5.69 Å². The maximum Gasteiger partial charge on any atom is 0.146 e. The van der Waals surface area contributed by atoms with Crippen LogP contribution in [0.2, 0.25) is 0 Å². The molecule has 0 saturated carbocycles. The molecule has 74 valence electrons. The summed E-state index contributed by atoms with van der Waals surface area (Å²) in [5.74, 6) is 2.37. The molecular weight excluding hydrogens is 177 g/mol. The summed E-state index contributed by atoms with van der Waals surface area (Å²) < 4.78 is 13.4. The Morgan fingerprint density at radius 1 is 1.43 bits per heavy atom. The predicted molar refractivity (Wildman–Crippen MR) is 57.7 cm³/mol. The van der Waals surface area contributed by atoms with E-state index < -0.39 is 0 Å². The van der Waals surface area contributed by atoms with E-state index in [9.17, 15) is 4.39 Å². The van der Waals surface area contributed by atoms with Crippen molar-refractivity contribution >= 4 is 5.69 Å². The molecule has 0 atom stereocenters. The van der Waals surface area contributed by atoms with Crippen LogP contribution in [0.3, 0.4) is 0 Å². The van der Waals surface area contributed by atoms with E-state index in [2.05, 4.69) is 5.92 Å². The molecule has 1 aromatic rings. The Kier molecular flexibility index (Phi) is 4.00. The van der Waals surface area contributed by atoms with Crippen LogP contribution in [0, 0.1) is 18.2 Å². The Morgan fingerprint density at radius 2 is 2.14 bits per heavy atom. The molecule has 0 radical (unpaired) electrons. The molecule has 0 N–H and O–H groups in total. The maximum atomic E-state index is 13.4. The van der Waals surface area contributed by atoms with Gasteiger partial charge in [-0.1, -0.05) is 12.1 Å². The van der Waals surface area contributed by atoms with Crippen molar-refractivity contribution in [3.05, 3.63) is 30.1 Å². The average Bonchev–Trinajstić information content (AvgIpc) is 2.21. The van der Waals surface area contributed by atoms with Crippen LogP contribution in [0.5, 0.6) is 0 Å². The summed E-state index contributed by atoms with van der Waals surface area (Å²) in [5, 5.41) is 0. The highest BCUT2D eigenvalue weighted by Gasteiger charge is 2.07. The Morgan fingerprint density at radius 3 is 2.71 bits per heavy atom. The van der Waals surface area contributed by atoms with Crippen molar-refractivity contribution in [2.45, 2.75) is 13.3 Å². The molecule has 0 amide bonds. The van der Waals surface area contributed by atoms with Crippen LogP contribution >= 0.6 is 0 Å². The average molecular weight is 191 g/mol. The Hall–Kier alpha value is -1.49. The van der Waals surface area contributed by atoms with Crippen LogP contribution in [0.1, 0.15) is 13.3 Å². The number of rotatable bonds is 4. The first-order chi connectivity index (χ1) is 6.79. The lowest BCUT2D eigenvalue weighted by atomic mass is 10.2. The number of para-hydroxylation sites is 1. The third-order valence-electron chi connectivity index (χ3n) is 2.10. The van der Waals surface area contributed by atoms with Gasteiger partial charge in [-0.2, -0.15) is 0 Å². The van der Waals surface area contributed by atoms with Crippen molar-refractivity contribution in [1.29, 1.82) is 0 Å². The molecule has 1 aromatic carbocycles. The zero-order chi connectivity index (χ0) is 10.4. The summed E-state index contributed by atoms with van der Waals surface area (Å²) in [7, 11) is 0. The second-order valence-corrected chi connectivity index (χ2v) is 2.99. The summed E-state index contributed by atoms with van der Waals surface area (Å²) >= 11 is 0. The van der Waals surface area contributed by atoms with Crippen LogP contribution in [0.15, 0.2) is 24.3 Å². The number of terminal acetylenes is 1. The van der Waals surface area contributed by atoms with E-state index in [-0.39, 0.29) is 5.82 Å². The van der Waals surface area contributed by atoms with E-state index >= 15 is 0 Å². The number of hydrogen-bond donors (Lipinski definition) is 0. The molecule has 0 bridgehead atoms. The quantitative estimate of drug-likeness (QED) is 0.661. The summed E-state index contributed by atoms with van der Waals surface area (Å²) in [6.07, 6.45) is 5.82. The molecular formula is C12H14FN. The van der Waals surface area contributed by atoms with Gasteiger partial charge in [-0.15, -0.1) is 12.3 Å². The van der Waals surface area contributed by atoms with E-state index in [1.807, 2.05) is 17.9 Å². The van der Waals surface area contributed by atoms with Crippen LogP contribution in [-0.2, 0) is 0 Å². The molecule has 2 heteroatoms. The lowest BCUT2D eigenvalue weighted by molar-refractivity contribution is 0.618. The van der Waals surface area contributed by atoms with Crippen LogP contribution in [0.25, 0.3) is 0 Å². The fraction of sp³-hybridized carbons (Fsp3) is 0.333. The SMILES string of the molecule is C#CCCN(CC)c1ccccc1F. The minimum atomic E-state index is -0.189. The highest BCUT2D eigenvalue weighted by molar-refractivity contribution is 5.47. The van der Waals surface area contributed by atoms with E-state index in [1.54, 1.807) is 12.1 Å². The lowest BCUT2D eigenvalue weighted by Crippen LogP contribution is -2.24. The molecule has 0 saturated heterocycles. The van der Waals surface area contributed by atoms with Gasteiger partial charge in [0.15, 0.2) is 0 Å². The standard InChI is InChI=1S/C12H14FN/c1-3-5-10-14(4-2)12-9-7-6-8-11(12)13/h1,6-9H,4-5,10H2,2H3. The first-order valence-electron chi connectivity index (χ1n) is 4.72. The largest absolute Gasteiger partial charge is 0.368 e. The highest BCUT2D eigenvalue weighted by atomic mass is 19.1. The van der Waals surface area contributed by atoms with Gasteiger partial charge in [-0.3, -0.25) is 0 Å². The number of nitrogens with zero attached hydrogens (tertiary/aromatic N) is 1. The van der Waals surface area contributed by atoms with Crippen molar-refractivity contribution in [2.24, 2.45) is 0 Å². The highest BCUT2D eigenvalue weighted by Crippen LogP contribution is 2.18. The van der Waals surface area contributed by atoms with E-state index in [1.165, 1.54) is 6.07 Å². The number of hydrogen-bond acceptors (Lipinski definition) is 1. The fourth-order valence-electron chi connectivity index (χ4n) is 1.36. The second kappa shape index (κ2) is 5.29. The van der Waals surface area contributed by atoms with Gasteiger partial charge < -0.3 is 4.90 Å². The Balaban J connectivity index is 2.79. The Bertz CT molecular complexity index is 327. The van der Waals surface area contributed by atoms with Crippen molar-refractivity contribution in [3.8, 4) is 12.3 Å². The second-order valence-electron chi connectivity index (χ2n) is 2.99. The number of anilines is 1. The first kappa shape index (κ1) is 10.6. The molecule has 0 fully saturated rings. The molecule has 0 heterocycles. The number of benzene rings is 1. The maximum absolute atomic E-state index is 13.4. The first-order valence-corrected chi connectivity index (χ1v) is 4.72. The summed E-state index contributed by atoms with van der Waals surface area (Å²) in [6, 6.07) is 6.76. The molecule has 1 rings (SSSR count). The third kappa shape index (κ3) is 2.50. The molecule has 14 heavy (non-hydrogen) atoms. The van der Waals surface area contributed by atoms with E-state index in [0.717, 1.165) is 6.54 Å². The summed E-state index contributed by atoms with van der Waals surface area (Å²) in [5.41, 5.74) is 0.630. The normalized spacial score (nSPS) is 9.50. The van der Waals surface area contributed by atoms with Gasteiger partial charge >= 0.3 is 0 Å². The smallest absolute Gasteiger partial charge is 0.146 e. The van der Waals surface area contributed by atoms with Crippen LogP contribution in [0.4, 0.5) is 10.1 Å². The van der Waals surface area contributed by atoms with Crippen molar-refractivity contribution < 1.29 is 4.39 Å². The minimum absolute atomic E-state index is 0.189. The fourth-order valence-corrected chi connectivity index (χ4v) is 1.36. The third-order valence-corrected chi connectivity index (χ3v) is 2.10. The van der Waals surface area contributed by atoms with E-state index in [4.69, 9.17) is 6.42 Å². The zero-order valence-electron chi connectivity index (χ0n) is 8.33. The van der Waals surface area contributed by atoms with Gasteiger partial charge in [-0.05, 0) is 19.1 Å². The monoisotopic (exact) mass is 191 g/mol. The zero-order valence-corrected chi connectivity index (χ0v) is 8.33. The molecule has 0 unspecified atom stereocenters. The topological polar surface area (TPSA) is 3.24 Å². The van der Waals surface area contributed by atoms with Crippen molar-refractivity contribution in [1.82, 2.24) is 0 Å². The Labute approximate surface area is 84.5 Å². The molecule has 0 aliphatic heterocycles. The van der Waals surface area contributed by atoms with Gasteiger partial charge in [-0.25, -0.2) is 4.39 Å². The van der Waals surface area contributed by atoms with Gasteiger partial charge in [0, 0.05) is 19.5 Å². The van der Waals surface area contributed by atoms with Crippen LogP contribution in [-0.4, -0.2) is 13.1 Å². The summed E-state index contributed by atoms with van der Waals surface area (Å²) in [6.45, 7) is 3.46. The van der Waals surface area contributed by atoms with Crippen molar-refractivity contribution in [3.63, 3.8) is 0 Å². The number of halogens is 1. The predicted octanol–water partition coefficient (Wildman–Crippen LogP) is 2.68. The van der Waals surface area contributed by atoms with Gasteiger partial charge in [0.2, 0.25) is 0 Å². The lowest BCUT2D eigenvalue weighted by Gasteiger charge is -2.22. The van der Waals surface area contributed by atoms with Crippen LogP contribution < -0.4 is 4.90 Å². The van der Waals surface area contributed by atoms with Crippen molar-refractivity contribution in [2.75, 3.05) is 18.0 Å². The van der Waals surface area contributed by atoms with Gasteiger partial charge in [0.1, 0.15) is 5.82 Å². The molecule has 0 aliphatic carbocycles. The molecule has 1 nitrogen and oxygen atoms in total. The van der Waals surface area contributed by atoms with Gasteiger partial charge in [0.25, 0.3) is 0 Å². The van der Waals surface area contributed by atoms with E-state index in [0.29, 0.717) is 18.7 Å². The summed E-state index contributed by atoms with van der Waals surface area (Å²) in [4.78, 5) is 1.94. The molecule has 0 spiro atoms. The molecule has 0 aliphatic rings. The molecule has 0 aromatic heterocycles. The minimum Gasteiger partial charge on any atom is -0.368 e.